The van der Waals surface area contributed by atoms with Gasteiger partial charge in [0, 0.05) is 22.2 Å². The number of amides is 1. The van der Waals surface area contributed by atoms with Crippen LogP contribution < -0.4 is 5.43 Å². The Kier molecular flexibility index (Phi) is 5.68. The molecule has 1 fully saturated rings. The van der Waals surface area contributed by atoms with Crippen molar-refractivity contribution in [3.8, 4) is 11.3 Å². The SMILES string of the molecule is O=C(N/N=C\C1CCCCC1)c1cc(-c2ccccc2Cl)nc2ccccc12. The molecule has 0 unspecified atom stereocenters. The normalized spacial score (nSPS) is 15.2. The third-order valence-corrected chi connectivity index (χ3v) is 5.54. The minimum absolute atomic E-state index is 0.237. The van der Waals surface area contributed by atoms with Gasteiger partial charge in [-0.2, -0.15) is 5.10 Å². The Morgan fingerprint density at radius 3 is 2.64 bits per heavy atom. The maximum absolute atomic E-state index is 12.9. The molecule has 1 saturated carbocycles. The molecule has 1 N–H and O–H groups in total. The first-order valence-electron chi connectivity index (χ1n) is 9.70. The van der Waals surface area contributed by atoms with Gasteiger partial charge in [-0.05, 0) is 37.0 Å². The zero-order chi connectivity index (χ0) is 19.3. The van der Waals surface area contributed by atoms with Crippen LogP contribution in [-0.2, 0) is 0 Å². The van der Waals surface area contributed by atoms with E-state index in [4.69, 9.17) is 16.6 Å². The number of hydrogen-bond acceptors (Lipinski definition) is 3. The van der Waals surface area contributed by atoms with E-state index in [1.807, 2.05) is 54.7 Å². The number of fused-ring (bicyclic) bond motifs is 1. The Morgan fingerprint density at radius 2 is 1.82 bits per heavy atom. The van der Waals surface area contributed by atoms with Crippen molar-refractivity contribution in [1.82, 2.24) is 10.4 Å². The van der Waals surface area contributed by atoms with Crippen LogP contribution in [0.1, 0.15) is 42.5 Å². The standard InChI is InChI=1S/C23H22ClN3O/c24-20-12-6-4-11-18(20)22-14-19(17-10-5-7-13-21(17)26-22)23(28)27-25-15-16-8-2-1-3-9-16/h4-7,10-16H,1-3,8-9H2,(H,27,28)/b25-15-. The van der Waals surface area contributed by atoms with Crippen molar-refractivity contribution in [3.63, 3.8) is 0 Å². The molecule has 1 heterocycles. The number of nitrogens with zero attached hydrogens (tertiary/aromatic N) is 2. The summed E-state index contributed by atoms with van der Waals surface area (Å²) >= 11 is 6.35. The Balaban J connectivity index is 1.66. The average molecular weight is 392 g/mol. The third kappa shape index (κ3) is 4.07. The summed E-state index contributed by atoms with van der Waals surface area (Å²) in [6.45, 7) is 0. The number of halogens is 1. The van der Waals surface area contributed by atoms with Crippen molar-refractivity contribution in [1.29, 1.82) is 0 Å². The van der Waals surface area contributed by atoms with Gasteiger partial charge >= 0.3 is 0 Å². The number of hydrogen-bond donors (Lipinski definition) is 1. The van der Waals surface area contributed by atoms with Gasteiger partial charge in [0.15, 0.2) is 0 Å². The van der Waals surface area contributed by atoms with E-state index in [1.165, 1.54) is 19.3 Å². The monoisotopic (exact) mass is 391 g/mol. The van der Waals surface area contributed by atoms with Crippen molar-refractivity contribution in [2.45, 2.75) is 32.1 Å². The van der Waals surface area contributed by atoms with E-state index in [1.54, 1.807) is 6.07 Å². The second-order valence-corrected chi connectivity index (χ2v) is 7.58. The molecule has 1 aliphatic rings. The van der Waals surface area contributed by atoms with Gasteiger partial charge in [-0.1, -0.05) is 67.3 Å². The summed E-state index contributed by atoms with van der Waals surface area (Å²) in [7, 11) is 0. The minimum Gasteiger partial charge on any atom is -0.267 e. The fraction of sp³-hybridized carbons (Fsp3) is 0.261. The molecule has 0 bridgehead atoms. The quantitative estimate of drug-likeness (QED) is 0.448. The van der Waals surface area contributed by atoms with Crippen LogP contribution in [0, 0.1) is 5.92 Å². The molecule has 142 valence electrons. The molecule has 1 aliphatic carbocycles. The van der Waals surface area contributed by atoms with Crippen molar-refractivity contribution >= 4 is 34.6 Å². The Labute approximate surface area is 169 Å². The largest absolute Gasteiger partial charge is 0.272 e. The highest BCUT2D eigenvalue weighted by Crippen LogP contribution is 2.29. The fourth-order valence-electron chi connectivity index (χ4n) is 3.71. The first kappa shape index (κ1) is 18.6. The van der Waals surface area contributed by atoms with Crippen molar-refractivity contribution < 1.29 is 4.79 Å². The number of aromatic nitrogens is 1. The topological polar surface area (TPSA) is 54.4 Å². The Morgan fingerprint density at radius 1 is 1.07 bits per heavy atom. The van der Waals surface area contributed by atoms with Crippen LogP contribution in [0.25, 0.3) is 22.2 Å². The number of pyridine rings is 1. The van der Waals surface area contributed by atoms with Gasteiger partial charge in [0.05, 0.1) is 16.8 Å². The number of benzene rings is 2. The number of rotatable bonds is 4. The Bertz CT molecular complexity index is 1030. The first-order valence-corrected chi connectivity index (χ1v) is 10.1. The molecular weight excluding hydrogens is 370 g/mol. The summed E-state index contributed by atoms with van der Waals surface area (Å²) < 4.78 is 0. The van der Waals surface area contributed by atoms with Crippen LogP contribution in [0.5, 0.6) is 0 Å². The molecular formula is C23H22ClN3O. The van der Waals surface area contributed by atoms with Crippen LogP contribution in [0.3, 0.4) is 0 Å². The maximum Gasteiger partial charge on any atom is 0.272 e. The first-order chi connectivity index (χ1) is 13.7. The summed E-state index contributed by atoms with van der Waals surface area (Å²) in [6, 6.07) is 16.9. The number of carbonyl (C=O) groups is 1. The Hall–Kier alpha value is -2.72. The zero-order valence-corrected chi connectivity index (χ0v) is 16.3. The lowest BCUT2D eigenvalue weighted by Crippen LogP contribution is -2.20. The van der Waals surface area contributed by atoms with Crippen molar-refractivity contribution in [2.24, 2.45) is 11.0 Å². The van der Waals surface area contributed by atoms with Crippen LogP contribution in [0.15, 0.2) is 59.7 Å². The second-order valence-electron chi connectivity index (χ2n) is 7.17. The number of para-hydroxylation sites is 1. The third-order valence-electron chi connectivity index (χ3n) is 5.21. The average Bonchev–Trinajstić information content (AvgIpc) is 2.74. The molecule has 5 heteroatoms. The molecule has 3 aromatic rings. The summed E-state index contributed by atoms with van der Waals surface area (Å²) in [5.74, 6) is 0.223. The minimum atomic E-state index is -0.237. The van der Waals surface area contributed by atoms with Crippen LogP contribution >= 0.6 is 11.6 Å². The molecule has 0 radical (unpaired) electrons. The fourth-order valence-corrected chi connectivity index (χ4v) is 3.95. The van der Waals surface area contributed by atoms with Gasteiger partial charge in [0.25, 0.3) is 5.91 Å². The highest BCUT2D eigenvalue weighted by Gasteiger charge is 2.15. The molecule has 28 heavy (non-hydrogen) atoms. The van der Waals surface area contributed by atoms with E-state index in [0.29, 0.717) is 22.2 Å². The van der Waals surface area contributed by atoms with Gasteiger partial charge in [-0.3, -0.25) is 4.79 Å². The van der Waals surface area contributed by atoms with Crippen LogP contribution in [-0.4, -0.2) is 17.1 Å². The van der Waals surface area contributed by atoms with Crippen LogP contribution in [0.4, 0.5) is 0 Å². The van der Waals surface area contributed by atoms with Gasteiger partial charge in [-0.25, -0.2) is 10.4 Å². The summed E-state index contributed by atoms with van der Waals surface area (Å²) in [5, 5.41) is 5.63. The van der Waals surface area contributed by atoms with E-state index in [-0.39, 0.29) is 5.91 Å². The molecule has 0 aliphatic heterocycles. The molecule has 1 amide bonds. The lowest BCUT2D eigenvalue weighted by atomic mass is 9.90. The molecule has 4 nitrogen and oxygen atoms in total. The van der Waals surface area contributed by atoms with Crippen molar-refractivity contribution in [3.05, 3.63) is 65.2 Å². The number of carbonyl (C=O) groups excluding carboxylic acids is 1. The predicted octanol–water partition coefficient (Wildman–Crippen LogP) is 5.85. The molecule has 0 spiro atoms. The zero-order valence-electron chi connectivity index (χ0n) is 15.6. The number of nitrogens with one attached hydrogen (secondary N) is 1. The predicted molar refractivity (Wildman–Crippen MR) is 115 cm³/mol. The van der Waals surface area contributed by atoms with Gasteiger partial charge in [0.1, 0.15) is 0 Å². The summed E-state index contributed by atoms with van der Waals surface area (Å²) in [4.78, 5) is 17.6. The van der Waals surface area contributed by atoms with E-state index in [2.05, 4.69) is 10.5 Å². The van der Waals surface area contributed by atoms with Gasteiger partial charge < -0.3 is 0 Å². The molecule has 4 rings (SSSR count). The maximum atomic E-state index is 12.9. The van der Waals surface area contributed by atoms with Gasteiger partial charge in [-0.15, -0.1) is 0 Å². The van der Waals surface area contributed by atoms with Crippen molar-refractivity contribution in [2.75, 3.05) is 0 Å². The molecule has 2 aromatic carbocycles. The highest BCUT2D eigenvalue weighted by molar-refractivity contribution is 6.33. The van der Waals surface area contributed by atoms with E-state index >= 15 is 0 Å². The smallest absolute Gasteiger partial charge is 0.267 e. The highest BCUT2D eigenvalue weighted by atomic mass is 35.5. The van der Waals surface area contributed by atoms with Crippen LogP contribution in [0.2, 0.25) is 5.02 Å². The van der Waals surface area contributed by atoms with Gasteiger partial charge in [0.2, 0.25) is 0 Å². The molecule has 1 aromatic heterocycles. The van der Waals surface area contributed by atoms with E-state index in [0.717, 1.165) is 29.3 Å². The summed E-state index contributed by atoms with van der Waals surface area (Å²) in [5.41, 5.74) is 5.47. The van der Waals surface area contributed by atoms with E-state index < -0.39 is 0 Å². The molecule has 0 saturated heterocycles. The molecule has 0 atom stereocenters. The second kappa shape index (κ2) is 8.53. The summed E-state index contributed by atoms with van der Waals surface area (Å²) in [6.07, 6.45) is 7.95. The lowest BCUT2D eigenvalue weighted by molar-refractivity contribution is 0.0956. The number of hydrazone groups is 1. The lowest BCUT2D eigenvalue weighted by Gasteiger charge is -2.16. The van der Waals surface area contributed by atoms with E-state index in [9.17, 15) is 4.79 Å².